The molecule has 7 nitrogen and oxygen atoms in total. The molecule has 1 heterocycles. The van der Waals surface area contributed by atoms with Crippen molar-refractivity contribution in [3.05, 3.63) is 28.8 Å². The van der Waals surface area contributed by atoms with Gasteiger partial charge in [0.2, 0.25) is 21.8 Å². The van der Waals surface area contributed by atoms with Gasteiger partial charge in [-0.2, -0.15) is 4.31 Å². The Kier molecular flexibility index (Phi) is 7.89. The lowest BCUT2D eigenvalue weighted by atomic mass is 9.92. The minimum absolute atomic E-state index is 0.0295. The number of carbonyl (C=O) groups excluding carboxylic acids is 2. The van der Waals surface area contributed by atoms with Crippen LogP contribution in [-0.2, 0) is 19.6 Å². The Hall–Kier alpha value is -1.64. The smallest absolute Gasteiger partial charge is 0.247 e. The summed E-state index contributed by atoms with van der Waals surface area (Å²) in [5, 5.41) is 3.63. The Balaban J connectivity index is 2.01. The number of rotatable bonds is 6. The first-order chi connectivity index (χ1) is 15.1. The zero-order chi connectivity index (χ0) is 23.5. The number of nitrogens with one attached hydrogen (secondary N) is 1. The summed E-state index contributed by atoms with van der Waals surface area (Å²) in [6.45, 7) is 4.86. The summed E-state index contributed by atoms with van der Waals surface area (Å²) in [5.41, 5.74) is -0.174. The van der Waals surface area contributed by atoms with Crippen molar-refractivity contribution in [2.45, 2.75) is 77.3 Å². The molecule has 178 valence electrons. The van der Waals surface area contributed by atoms with Gasteiger partial charge in [-0.05, 0) is 50.8 Å². The van der Waals surface area contributed by atoms with Gasteiger partial charge in [-0.25, -0.2) is 8.42 Å². The fourth-order valence-corrected chi connectivity index (χ4v) is 6.43. The molecule has 2 amide bonds. The van der Waals surface area contributed by atoms with E-state index in [0.29, 0.717) is 22.7 Å². The molecule has 0 aromatic heterocycles. The number of benzene rings is 1. The van der Waals surface area contributed by atoms with E-state index in [1.165, 1.54) is 9.21 Å². The highest BCUT2D eigenvalue weighted by molar-refractivity contribution is 7.89. The van der Waals surface area contributed by atoms with E-state index >= 15 is 0 Å². The van der Waals surface area contributed by atoms with E-state index in [-0.39, 0.29) is 30.8 Å². The molecular weight excluding hydrogens is 450 g/mol. The number of sulfonamides is 1. The summed E-state index contributed by atoms with van der Waals surface area (Å²) in [5.74, 6) is -0.815. The highest BCUT2D eigenvalue weighted by Gasteiger charge is 2.51. The molecular formula is C23H34ClN3O4S. The van der Waals surface area contributed by atoms with Crippen LogP contribution in [0, 0.1) is 6.92 Å². The lowest BCUT2D eigenvalue weighted by molar-refractivity contribution is -0.133. The van der Waals surface area contributed by atoms with Gasteiger partial charge >= 0.3 is 0 Å². The third-order valence-corrected chi connectivity index (χ3v) is 8.93. The number of hydrogen-bond acceptors (Lipinski definition) is 4. The minimum atomic E-state index is -3.65. The lowest BCUT2D eigenvalue weighted by Gasteiger charge is -2.47. The molecule has 1 aliphatic carbocycles. The van der Waals surface area contributed by atoms with Crippen LogP contribution in [0.4, 0.5) is 5.69 Å². The minimum Gasteiger partial charge on any atom is -0.351 e. The number of amides is 2. The standard InChI is InChI=1S/C23H34ClN3O4S/c1-4-14-32(30,31)26-15-21(28)27(20-13-9-12-19(24)17(20)2)23(3,16-26)22(29)25-18-10-7-5-6-8-11-18/h9,12-13,18H,4-8,10-11,14-16H2,1-3H3,(H,25,29). The summed E-state index contributed by atoms with van der Waals surface area (Å²) >= 11 is 6.32. The summed E-state index contributed by atoms with van der Waals surface area (Å²) < 4.78 is 26.9. The molecule has 32 heavy (non-hydrogen) atoms. The first-order valence-corrected chi connectivity index (χ1v) is 13.5. The highest BCUT2D eigenvalue weighted by atomic mass is 35.5. The maximum absolute atomic E-state index is 13.7. The second-order valence-corrected chi connectivity index (χ2v) is 11.6. The van der Waals surface area contributed by atoms with Gasteiger partial charge in [-0.3, -0.25) is 14.5 Å². The third-order valence-electron chi connectivity index (χ3n) is 6.55. The van der Waals surface area contributed by atoms with Gasteiger partial charge in [0.15, 0.2) is 0 Å². The molecule has 1 atom stereocenters. The second kappa shape index (κ2) is 10.1. The van der Waals surface area contributed by atoms with Crippen molar-refractivity contribution < 1.29 is 18.0 Å². The van der Waals surface area contributed by atoms with E-state index in [1.807, 2.05) is 0 Å². The predicted molar refractivity (Wildman–Crippen MR) is 127 cm³/mol. The van der Waals surface area contributed by atoms with Gasteiger partial charge < -0.3 is 5.32 Å². The van der Waals surface area contributed by atoms with Gasteiger partial charge in [-0.15, -0.1) is 0 Å². The first kappa shape index (κ1) is 25.0. The highest BCUT2D eigenvalue weighted by Crippen LogP contribution is 2.35. The van der Waals surface area contributed by atoms with Gasteiger partial charge in [0.05, 0.1) is 12.3 Å². The zero-order valence-corrected chi connectivity index (χ0v) is 20.8. The van der Waals surface area contributed by atoms with Crippen molar-refractivity contribution >= 4 is 39.1 Å². The third kappa shape index (κ3) is 5.13. The molecule has 0 spiro atoms. The molecule has 1 saturated heterocycles. The van der Waals surface area contributed by atoms with Crippen LogP contribution in [0.5, 0.6) is 0 Å². The average molecular weight is 484 g/mol. The Labute approximate surface area is 196 Å². The Bertz CT molecular complexity index is 960. The number of piperazine rings is 1. The van der Waals surface area contributed by atoms with E-state index in [9.17, 15) is 18.0 Å². The zero-order valence-electron chi connectivity index (χ0n) is 19.2. The molecule has 3 rings (SSSR count). The monoisotopic (exact) mass is 483 g/mol. The van der Waals surface area contributed by atoms with Crippen molar-refractivity contribution in [1.82, 2.24) is 9.62 Å². The normalized spacial score (nSPS) is 23.8. The molecule has 1 aromatic rings. The molecule has 9 heteroatoms. The van der Waals surface area contributed by atoms with E-state index in [1.54, 1.807) is 39.0 Å². The summed E-state index contributed by atoms with van der Waals surface area (Å²) in [7, 11) is -3.65. The van der Waals surface area contributed by atoms with Crippen LogP contribution in [0.15, 0.2) is 18.2 Å². The van der Waals surface area contributed by atoms with Crippen LogP contribution in [-0.4, -0.2) is 55.0 Å². The van der Waals surface area contributed by atoms with Gasteiger partial charge in [0.1, 0.15) is 5.54 Å². The average Bonchev–Trinajstić information content (AvgIpc) is 2.99. The summed E-state index contributed by atoms with van der Waals surface area (Å²) in [6.07, 6.45) is 6.63. The molecule has 1 aliphatic heterocycles. The topological polar surface area (TPSA) is 86.8 Å². The lowest BCUT2D eigenvalue weighted by Crippen LogP contribution is -2.71. The number of halogens is 1. The van der Waals surface area contributed by atoms with E-state index in [4.69, 9.17) is 11.6 Å². The van der Waals surface area contributed by atoms with Crippen molar-refractivity contribution in [3.63, 3.8) is 0 Å². The largest absolute Gasteiger partial charge is 0.351 e. The van der Waals surface area contributed by atoms with E-state index < -0.39 is 21.5 Å². The summed E-state index contributed by atoms with van der Waals surface area (Å²) in [6, 6.07) is 5.26. The van der Waals surface area contributed by atoms with Crippen LogP contribution < -0.4 is 10.2 Å². The first-order valence-electron chi connectivity index (χ1n) is 11.5. The number of anilines is 1. The molecule has 1 N–H and O–H groups in total. The van der Waals surface area contributed by atoms with Crippen molar-refractivity contribution in [2.24, 2.45) is 0 Å². The molecule has 2 fully saturated rings. The van der Waals surface area contributed by atoms with Crippen LogP contribution in [0.25, 0.3) is 0 Å². The van der Waals surface area contributed by atoms with E-state index in [2.05, 4.69) is 5.32 Å². The van der Waals surface area contributed by atoms with Gasteiger partial charge in [0.25, 0.3) is 0 Å². The fraction of sp³-hybridized carbons (Fsp3) is 0.652. The Morgan fingerprint density at radius 3 is 2.50 bits per heavy atom. The molecule has 1 aromatic carbocycles. The van der Waals surface area contributed by atoms with Crippen LogP contribution in [0.2, 0.25) is 5.02 Å². The Morgan fingerprint density at radius 1 is 1.22 bits per heavy atom. The second-order valence-electron chi connectivity index (χ2n) is 9.13. The van der Waals surface area contributed by atoms with Crippen LogP contribution in [0.1, 0.15) is 64.4 Å². The van der Waals surface area contributed by atoms with E-state index in [0.717, 1.165) is 38.5 Å². The number of hydrogen-bond donors (Lipinski definition) is 1. The maximum atomic E-state index is 13.7. The van der Waals surface area contributed by atoms with Crippen LogP contribution in [0.3, 0.4) is 0 Å². The summed E-state index contributed by atoms with van der Waals surface area (Å²) in [4.78, 5) is 28.5. The Morgan fingerprint density at radius 2 is 1.88 bits per heavy atom. The van der Waals surface area contributed by atoms with Gasteiger partial charge in [-0.1, -0.05) is 50.3 Å². The SMILES string of the molecule is CCCS(=O)(=O)N1CC(=O)N(c2cccc(Cl)c2C)C(C)(C(=O)NC2CCCCCC2)C1. The van der Waals surface area contributed by atoms with Crippen molar-refractivity contribution in [1.29, 1.82) is 0 Å². The molecule has 1 unspecified atom stereocenters. The van der Waals surface area contributed by atoms with Crippen LogP contribution >= 0.6 is 11.6 Å². The number of nitrogens with zero attached hydrogens (tertiary/aromatic N) is 2. The molecule has 1 saturated carbocycles. The van der Waals surface area contributed by atoms with Crippen molar-refractivity contribution in [2.75, 3.05) is 23.7 Å². The quantitative estimate of drug-likeness (QED) is 0.626. The molecule has 2 aliphatic rings. The predicted octanol–water partition coefficient (Wildman–Crippen LogP) is 3.63. The molecule has 0 bridgehead atoms. The van der Waals surface area contributed by atoms with Gasteiger partial charge in [0, 0.05) is 23.3 Å². The number of carbonyl (C=O) groups is 2. The maximum Gasteiger partial charge on any atom is 0.247 e. The van der Waals surface area contributed by atoms with Crippen molar-refractivity contribution in [3.8, 4) is 0 Å². The fourth-order valence-electron chi connectivity index (χ4n) is 4.73. The molecule has 0 radical (unpaired) electrons.